The lowest BCUT2D eigenvalue weighted by Crippen LogP contribution is -2.27. The molecule has 0 atom stereocenters. The third-order valence-electron chi connectivity index (χ3n) is 5.18. The van der Waals surface area contributed by atoms with E-state index < -0.39 is 11.4 Å². The smallest absolute Gasteiger partial charge is 0.338 e. The van der Waals surface area contributed by atoms with Gasteiger partial charge >= 0.3 is 5.97 Å². The standard InChI is InChI=1S/C26H29N3O4S/c1-16-10-11-22(12-17(16)2)29(18(3)30)25-28-21(15-34-25)14-33-23(31)19-8-7-9-20(13-19)27-24(32)26(4,5)6/h7-13,15H,14H2,1-6H3,(H,27,32). The molecule has 0 saturated carbocycles. The van der Waals surface area contributed by atoms with Crippen molar-refractivity contribution in [1.82, 2.24) is 4.98 Å². The Morgan fingerprint density at radius 1 is 1.06 bits per heavy atom. The zero-order chi connectivity index (χ0) is 25.0. The molecule has 0 aliphatic heterocycles. The number of rotatable bonds is 6. The first-order chi connectivity index (χ1) is 16.0. The average Bonchev–Trinajstić information content (AvgIpc) is 3.22. The molecule has 2 amide bonds. The Morgan fingerprint density at radius 3 is 2.44 bits per heavy atom. The van der Waals surface area contributed by atoms with Crippen LogP contribution in [0.3, 0.4) is 0 Å². The van der Waals surface area contributed by atoms with Crippen LogP contribution in [-0.2, 0) is 20.9 Å². The van der Waals surface area contributed by atoms with Crippen molar-refractivity contribution < 1.29 is 19.1 Å². The van der Waals surface area contributed by atoms with Gasteiger partial charge in [0.25, 0.3) is 0 Å². The van der Waals surface area contributed by atoms with Crippen LogP contribution in [-0.4, -0.2) is 22.8 Å². The maximum absolute atomic E-state index is 12.6. The van der Waals surface area contributed by atoms with Gasteiger partial charge in [-0.15, -0.1) is 11.3 Å². The van der Waals surface area contributed by atoms with Crippen molar-refractivity contribution in [2.45, 2.75) is 48.1 Å². The van der Waals surface area contributed by atoms with E-state index in [1.165, 1.54) is 18.3 Å². The summed E-state index contributed by atoms with van der Waals surface area (Å²) in [6.07, 6.45) is 0. The largest absolute Gasteiger partial charge is 0.456 e. The van der Waals surface area contributed by atoms with E-state index in [0.717, 1.165) is 16.8 Å². The van der Waals surface area contributed by atoms with Crippen LogP contribution in [0, 0.1) is 19.3 Å². The summed E-state index contributed by atoms with van der Waals surface area (Å²) in [5, 5.41) is 5.08. The highest BCUT2D eigenvalue weighted by atomic mass is 32.1. The summed E-state index contributed by atoms with van der Waals surface area (Å²) in [7, 11) is 0. The Kier molecular flexibility index (Phi) is 7.51. The fourth-order valence-corrected chi connectivity index (χ4v) is 3.89. The third kappa shape index (κ3) is 6.08. The number of aryl methyl sites for hydroxylation is 2. The Hall–Kier alpha value is -3.52. The van der Waals surface area contributed by atoms with Crippen molar-refractivity contribution in [1.29, 1.82) is 0 Å². The highest BCUT2D eigenvalue weighted by Crippen LogP contribution is 2.30. The normalized spacial score (nSPS) is 11.1. The van der Waals surface area contributed by atoms with E-state index in [4.69, 9.17) is 4.74 Å². The van der Waals surface area contributed by atoms with Gasteiger partial charge in [0.05, 0.1) is 16.9 Å². The lowest BCUT2D eigenvalue weighted by Gasteiger charge is -2.19. The van der Waals surface area contributed by atoms with Gasteiger partial charge in [0.1, 0.15) is 6.61 Å². The molecule has 0 radical (unpaired) electrons. The number of benzene rings is 2. The van der Waals surface area contributed by atoms with Gasteiger partial charge in [-0.3, -0.25) is 14.5 Å². The van der Waals surface area contributed by atoms with Crippen molar-refractivity contribution in [2.75, 3.05) is 10.2 Å². The molecule has 3 rings (SSSR count). The van der Waals surface area contributed by atoms with Crippen LogP contribution >= 0.6 is 11.3 Å². The number of nitrogens with zero attached hydrogens (tertiary/aromatic N) is 2. The lowest BCUT2D eigenvalue weighted by molar-refractivity contribution is -0.123. The summed E-state index contributed by atoms with van der Waals surface area (Å²) in [5.41, 5.74) is 3.79. The van der Waals surface area contributed by atoms with Crippen molar-refractivity contribution in [3.8, 4) is 0 Å². The number of amides is 2. The maximum Gasteiger partial charge on any atom is 0.338 e. The monoisotopic (exact) mass is 479 g/mol. The second-order valence-electron chi connectivity index (χ2n) is 9.11. The first kappa shape index (κ1) is 25.1. The minimum atomic E-state index is -0.552. The van der Waals surface area contributed by atoms with Crippen molar-refractivity contribution in [3.05, 3.63) is 70.2 Å². The topological polar surface area (TPSA) is 88.6 Å². The number of aromatic nitrogens is 1. The second-order valence-corrected chi connectivity index (χ2v) is 9.94. The van der Waals surface area contributed by atoms with Gasteiger partial charge in [0.15, 0.2) is 5.13 Å². The average molecular weight is 480 g/mol. The van der Waals surface area contributed by atoms with Gasteiger partial charge in [-0.25, -0.2) is 9.78 Å². The van der Waals surface area contributed by atoms with Gasteiger partial charge in [0.2, 0.25) is 11.8 Å². The molecule has 2 aromatic carbocycles. The zero-order valence-electron chi connectivity index (χ0n) is 20.3. The molecular weight excluding hydrogens is 450 g/mol. The molecule has 3 aromatic rings. The SMILES string of the molecule is CC(=O)N(c1ccc(C)c(C)c1)c1nc(COC(=O)c2cccc(NC(=O)C(C)(C)C)c2)cs1. The fourth-order valence-electron chi connectivity index (χ4n) is 3.02. The molecule has 0 aliphatic carbocycles. The van der Waals surface area contributed by atoms with Gasteiger partial charge in [0, 0.05) is 23.4 Å². The molecule has 0 saturated heterocycles. The van der Waals surface area contributed by atoms with Crippen LogP contribution in [0.5, 0.6) is 0 Å². The van der Waals surface area contributed by atoms with E-state index in [2.05, 4.69) is 10.3 Å². The molecule has 0 unspecified atom stereocenters. The quantitative estimate of drug-likeness (QED) is 0.452. The second kappa shape index (κ2) is 10.2. The molecule has 0 fully saturated rings. The summed E-state index contributed by atoms with van der Waals surface area (Å²) in [4.78, 5) is 43.2. The molecule has 0 aliphatic rings. The molecule has 0 spiro atoms. The van der Waals surface area contributed by atoms with E-state index in [0.29, 0.717) is 22.1 Å². The maximum atomic E-state index is 12.6. The van der Waals surface area contributed by atoms with E-state index in [-0.39, 0.29) is 18.4 Å². The fraction of sp³-hybridized carbons (Fsp3) is 0.308. The van der Waals surface area contributed by atoms with E-state index >= 15 is 0 Å². The summed E-state index contributed by atoms with van der Waals surface area (Å²) in [6, 6.07) is 12.4. The van der Waals surface area contributed by atoms with Crippen molar-refractivity contribution in [3.63, 3.8) is 0 Å². The molecule has 1 heterocycles. The molecular formula is C26H29N3O4S. The Bertz CT molecular complexity index is 1230. The summed E-state index contributed by atoms with van der Waals surface area (Å²) in [5.74, 6) is -0.832. The highest BCUT2D eigenvalue weighted by molar-refractivity contribution is 7.14. The van der Waals surface area contributed by atoms with Crippen LogP contribution < -0.4 is 10.2 Å². The Labute approximate surface area is 203 Å². The first-order valence-corrected chi connectivity index (χ1v) is 11.7. The first-order valence-electron chi connectivity index (χ1n) is 10.9. The number of hydrogen-bond donors (Lipinski definition) is 1. The van der Waals surface area contributed by atoms with Crippen LogP contribution in [0.15, 0.2) is 47.8 Å². The van der Waals surface area contributed by atoms with E-state index in [9.17, 15) is 14.4 Å². The molecule has 34 heavy (non-hydrogen) atoms. The number of ether oxygens (including phenoxy) is 1. The molecule has 178 valence electrons. The molecule has 1 aromatic heterocycles. The Morgan fingerprint density at radius 2 is 1.79 bits per heavy atom. The molecule has 7 nitrogen and oxygen atoms in total. The Balaban J connectivity index is 1.69. The van der Waals surface area contributed by atoms with Gasteiger partial charge in [-0.05, 0) is 55.3 Å². The minimum Gasteiger partial charge on any atom is -0.456 e. The summed E-state index contributed by atoms with van der Waals surface area (Å²) in [6.45, 7) is 10.9. The number of esters is 1. The summed E-state index contributed by atoms with van der Waals surface area (Å²) >= 11 is 1.31. The van der Waals surface area contributed by atoms with Gasteiger partial charge in [-0.2, -0.15) is 0 Å². The van der Waals surface area contributed by atoms with E-state index in [1.54, 1.807) is 34.5 Å². The number of nitrogens with one attached hydrogen (secondary N) is 1. The predicted molar refractivity (Wildman–Crippen MR) is 134 cm³/mol. The number of anilines is 3. The third-order valence-corrected chi connectivity index (χ3v) is 6.06. The van der Waals surface area contributed by atoms with Crippen LogP contribution in [0.1, 0.15) is 54.9 Å². The van der Waals surface area contributed by atoms with E-state index in [1.807, 2.05) is 52.8 Å². The predicted octanol–water partition coefficient (Wildman–Crippen LogP) is 5.79. The van der Waals surface area contributed by atoms with Crippen LogP contribution in [0.25, 0.3) is 0 Å². The van der Waals surface area contributed by atoms with Crippen molar-refractivity contribution >= 4 is 45.6 Å². The number of carbonyl (C=O) groups is 3. The molecule has 0 bridgehead atoms. The van der Waals surface area contributed by atoms with Gasteiger partial charge < -0.3 is 10.1 Å². The number of carbonyl (C=O) groups excluding carboxylic acids is 3. The summed E-state index contributed by atoms with van der Waals surface area (Å²) < 4.78 is 5.42. The van der Waals surface area contributed by atoms with Gasteiger partial charge in [-0.1, -0.05) is 32.9 Å². The molecule has 8 heteroatoms. The number of thiazole rings is 1. The van der Waals surface area contributed by atoms with Crippen LogP contribution in [0.4, 0.5) is 16.5 Å². The molecule has 1 N–H and O–H groups in total. The van der Waals surface area contributed by atoms with Crippen molar-refractivity contribution in [2.24, 2.45) is 5.41 Å². The lowest BCUT2D eigenvalue weighted by atomic mass is 9.95. The zero-order valence-corrected chi connectivity index (χ0v) is 21.1. The highest BCUT2D eigenvalue weighted by Gasteiger charge is 2.22. The minimum absolute atomic E-state index is 0.0351. The van der Waals surface area contributed by atoms with Crippen LogP contribution in [0.2, 0.25) is 0 Å². The number of hydrogen-bond acceptors (Lipinski definition) is 6.